The average Bonchev–Trinajstić information content (AvgIpc) is 2.35. The van der Waals surface area contributed by atoms with Crippen LogP contribution in [-0.4, -0.2) is 22.3 Å². The van der Waals surface area contributed by atoms with Crippen LogP contribution in [0.2, 0.25) is 0 Å². The molecule has 1 heterocycles. The molecule has 2 N–H and O–H groups in total. The highest BCUT2D eigenvalue weighted by Gasteiger charge is 2.25. The topological polar surface area (TPSA) is 46.3 Å². The Morgan fingerprint density at radius 1 is 1.58 bits per heavy atom. The zero-order valence-electron chi connectivity index (χ0n) is 10.9. The van der Waals surface area contributed by atoms with Gasteiger partial charge in [0, 0.05) is 24.6 Å². The average molecular weight is 280 g/mol. The Morgan fingerprint density at radius 3 is 3.00 bits per heavy atom. The van der Waals surface area contributed by atoms with Crippen molar-refractivity contribution < 1.29 is 9.18 Å². The van der Waals surface area contributed by atoms with E-state index in [1.165, 1.54) is 12.1 Å². The first-order chi connectivity index (χ1) is 8.99. The van der Waals surface area contributed by atoms with Crippen molar-refractivity contribution in [2.24, 2.45) is 11.7 Å². The Labute approximate surface area is 117 Å². The van der Waals surface area contributed by atoms with Gasteiger partial charge in [0.05, 0.1) is 0 Å². The van der Waals surface area contributed by atoms with Crippen molar-refractivity contribution in [1.29, 1.82) is 0 Å². The number of benzene rings is 1. The number of carbonyl (C=O) groups excluding carboxylic acids is 1. The smallest absolute Gasteiger partial charge is 0.225 e. The molecule has 1 saturated heterocycles. The molecule has 0 radical (unpaired) electrons. The fourth-order valence-corrected chi connectivity index (χ4v) is 2.63. The molecule has 0 bridgehead atoms. The first-order valence-electron chi connectivity index (χ1n) is 6.36. The number of rotatable bonds is 3. The van der Waals surface area contributed by atoms with Crippen molar-refractivity contribution in [1.82, 2.24) is 4.90 Å². The van der Waals surface area contributed by atoms with Gasteiger partial charge < -0.3 is 10.6 Å². The highest BCUT2D eigenvalue weighted by molar-refractivity contribution is 7.80. The first-order valence-corrected chi connectivity index (χ1v) is 6.77. The molecule has 1 unspecified atom stereocenters. The van der Waals surface area contributed by atoms with Gasteiger partial charge in [0.25, 0.3) is 0 Å². The van der Waals surface area contributed by atoms with Gasteiger partial charge in [-0.15, -0.1) is 0 Å². The van der Waals surface area contributed by atoms with E-state index in [-0.39, 0.29) is 22.6 Å². The number of thiocarbonyl (C=S) groups is 1. The lowest BCUT2D eigenvalue weighted by molar-refractivity contribution is -0.138. The third-order valence-corrected chi connectivity index (χ3v) is 3.71. The van der Waals surface area contributed by atoms with Gasteiger partial charge in [-0.3, -0.25) is 4.79 Å². The minimum Gasteiger partial charge on any atom is -0.389 e. The second-order valence-corrected chi connectivity index (χ2v) is 5.41. The molecule has 1 aromatic carbocycles. The summed E-state index contributed by atoms with van der Waals surface area (Å²) in [5.41, 5.74) is 6.95. The Morgan fingerprint density at radius 2 is 2.32 bits per heavy atom. The molecule has 0 aromatic heterocycles. The summed E-state index contributed by atoms with van der Waals surface area (Å²) in [6, 6.07) is 4.31. The van der Waals surface area contributed by atoms with Gasteiger partial charge in [0.2, 0.25) is 5.91 Å². The van der Waals surface area contributed by atoms with Crippen LogP contribution in [0.3, 0.4) is 0 Å². The van der Waals surface area contributed by atoms with Crippen molar-refractivity contribution in [3.8, 4) is 0 Å². The molecule has 0 saturated carbocycles. The Hall–Kier alpha value is -1.49. The van der Waals surface area contributed by atoms with Crippen LogP contribution in [0.5, 0.6) is 0 Å². The maximum Gasteiger partial charge on any atom is 0.225 e. The van der Waals surface area contributed by atoms with E-state index in [1.54, 1.807) is 11.0 Å². The molecular formula is C14H17FN2OS. The largest absolute Gasteiger partial charge is 0.389 e. The van der Waals surface area contributed by atoms with Crippen LogP contribution in [0, 0.1) is 11.7 Å². The van der Waals surface area contributed by atoms with Crippen LogP contribution in [-0.2, 0) is 11.3 Å². The quantitative estimate of drug-likeness (QED) is 0.864. The number of hydrogen-bond donors (Lipinski definition) is 1. The number of carbonyl (C=O) groups is 1. The molecule has 2 rings (SSSR count). The van der Waals surface area contributed by atoms with Crippen LogP contribution in [0.15, 0.2) is 18.2 Å². The number of nitrogens with two attached hydrogens (primary N) is 1. The molecule has 102 valence electrons. The molecule has 1 aliphatic rings. The fourth-order valence-electron chi connectivity index (χ4n) is 2.43. The van der Waals surface area contributed by atoms with Gasteiger partial charge in [-0.1, -0.05) is 19.1 Å². The van der Waals surface area contributed by atoms with E-state index < -0.39 is 0 Å². The van der Waals surface area contributed by atoms with Crippen LogP contribution in [0.1, 0.15) is 30.9 Å². The lowest BCUT2D eigenvalue weighted by Gasteiger charge is -2.31. The third-order valence-electron chi connectivity index (χ3n) is 3.49. The van der Waals surface area contributed by atoms with Crippen molar-refractivity contribution >= 4 is 23.1 Å². The van der Waals surface area contributed by atoms with Gasteiger partial charge in [-0.2, -0.15) is 0 Å². The van der Waals surface area contributed by atoms with Gasteiger partial charge >= 0.3 is 0 Å². The first kappa shape index (κ1) is 13.9. The van der Waals surface area contributed by atoms with E-state index in [4.69, 9.17) is 18.0 Å². The minimum atomic E-state index is -0.340. The number of likely N-dealkylation sites (tertiary alicyclic amines) is 1. The highest BCUT2D eigenvalue weighted by atomic mass is 32.1. The lowest BCUT2D eigenvalue weighted by Crippen LogP contribution is -2.40. The van der Waals surface area contributed by atoms with Gasteiger partial charge in [0.1, 0.15) is 10.8 Å². The second-order valence-electron chi connectivity index (χ2n) is 4.97. The fraction of sp³-hybridized carbons (Fsp3) is 0.429. The van der Waals surface area contributed by atoms with Crippen molar-refractivity contribution in [2.75, 3.05) is 6.54 Å². The summed E-state index contributed by atoms with van der Waals surface area (Å²) in [7, 11) is 0. The molecule has 1 fully saturated rings. The number of hydrogen-bond acceptors (Lipinski definition) is 2. The number of piperidine rings is 1. The molecule has 19 heavy (non-hydrogen) atoms. The van der Waals surface area contributed by atoms with Crippen molar-refractivity contribution in [2.45, 2.75) is 26.3 Å². The van der Waals surface area contributed by atoms with E-state index in [0.29, 0.717) is 24.2 Å². The molecule has 0 spiro atoms. The summed E-state index contributed by atoms with van der Waals surface area (Å²) in [4.78, 5) is 14.0. The molecule has 1 aliphatic heterocycles. The van der Waals surface area contributed by atoms with Crippen LogP contribution in [0.25, 0.3) is 0 Å². The monoisotopic (exact) mass is 280 g/mol. The molecular weight excluding hydrogens is 263 g/mol. The molecule has 1 aromatic rings. The molecule has 3 nitrogen and oxygen atoms in total. The third kappa shape index (κ3) is 3.10. The highest BCUT2D eigenvalue weighted by Crippen LogP contribution is 2.21. The Kier molecular flexibility index (Phi) is 4.14. The van der Waals surface area contributed by atoms with E-state index >= 15 is 0 Å². The molecule has 5 heteroatoms. The molecule has 1 atom stereocenters. The summed E-state index contributed by atoms with van der Waals surface area (Å²) in [5.74, 6) is -0.188. The van der Waals surface area contributed by atoms with E-state index in [2.05, 4.69) is 0 Å². The predicted molar refractivity (Wildman–Crippen MR) is 76.1 cm³/mol. The van der Waals surface area contributed by atoms with Crippen LogP contribution < -0.4 is 5.73 Å². The normalized spacial score (nSPS) is 19.6. The maximum atomic E-state index is 13.4. The summed E-state index contributed by atoms with van der Waals surface area (Å²) < 4.78 is 13.4. The van der Waals surface area contributed by atoms with E-state index in [0.717, 1.165) is 12.8 Å². The van der Waals surface area contributed by atoms with Crippen molar-refractivity contribution in [3.63, 3.8) is 0 Å². The maximum absolute atomic E-state index is 13.4. The van der Waals surface area contributed by atoms with E-state index in [1.807, 2.05) is 6.92 Å². The summed E-state index contributed by atoms with van der Waals surface area (Å²) in [6.45, 7) is 3.00. The molecule has 0 aliphatic carbocycles. The van der Waals surface area contributed by atoms with Gasteiger partial charge in [0.15, 0.2) is 0 Å². The van der Waals surface area contributed by atoms with Crippen LogP contribution >= 0.6 is 12.2 Å². The Balaban J connectivity index is 2.25. The minimum absolute atomic E-state index is 0.0376. The standard InChI is InChI=1S/C14H17FN2OS/c1-9-3-2-6-17(14(9)18)8-10-7-11(15)4-5-12(10)13(16)19/h4-5,7,9H,2-3,6,8H2,1H3,(H2,16,19). The number of halogens is 1. The Bertz CT molecular complexity index is 518. The van der Waals surface area contributed by atoms with Crippen LogP contribution in [0.4, 0.5) is 4.39 Å². The lowest BCUT2D eigenvalue weighted by atomic mass is 9.98. The van der Waals surface area contributed by atoms with Gasteiger partial charge in [-0.05, 0) is 36.6 Å². The number of amides is 1. The predicted octanol–water partition coefficient (Wildman–Crippen LogP) is 2.22. The number of nitrogens with zero attached hydrogens (tertiary/aromatic N) is 1. The molecule has 1 amide bonds. The zero-order valence-corrected chi connectivity index (χ0v) is 11.7. The zero-order chi connectivity index (χ0) is 14.0. The van der Waals surface area contributed by atoms with Crippen molar-refractivity contribution in [3.05, 3.63) is 35.1 Å². The second kappa shape index (κ2) is 5.65. The SMILES string of the molecule is CC1CCCN(Cc2cc(F)ccc2C(N)=S)C1=O. The summed E-state index contributed by atoms with van der Waals surface area (Å²) in [5, 5.41) is 0. The van der Waals surface area contributed by atoms with E-state index in [9.17, 15) is 9.18 Å². The summed E-state index contributed by atoms with van der Waals surface area (Å²) in [6.07, 6.45) is 1.89. The summed E-state index contributed by atoms with van der Waals surface area (Å²) >= 11 is 4.97. The van der Waals surface area contributed by atoms with Gasteiger partial charge in [-0.25, -0.2) is 4.39 Å².